The molecule has 1 aromatic heterocycles. The number of rotatable bonds is 9. The summed E-state index contributed by atoms with van der Waals surface area (Å²) in [6.45, 7) is 11.8. The molecule has 0 bridgehead atoms. The minimum atomic E-state index is -0.0629. The first-order valence-corrected chi connectivity index (χ1v) is 11.5. The molecule has 1 amide bonds. The summed E-state index contributed by atoms with van der Waals surface area (Å²) in [7, 11) is 0. The molecule has 0 fully saturated rings. The van der Waals surface area contributed by atoms with Gasteiger partial charge < -0.3 is 14.6 Å². The van der Waals surface area contributed by atoms with E-state index < -0.39 is 0 Å². The molecular weight excluding hydrogens is 408 g/mol. The Kier molecular flexibility index (Phi) is 7.74. The first kappa shape index (κ1) is 22.9. The Bertz CT molecular complexity index is 1030. The van der Waals surface area contributed by atoms with Gasteiger partial charge in [0.05, 0.1) is 12.4 Å². The van der Waals surface area contributed by atoms with Crippen LogP contribution in [0.4, 0.5) is 5.69 Å². The van der Waals surface area contributed by atoms with Crippen LogP contribution >= 0.6 is 11.8 Å². The van der Waals surface area contributed by atoms with Crippen LogP contribution in [0.25, 0.3) is 11.4 Å². The van der Waals surface area contributed by atoms with Gasteiger partial charge in [-0.05, 0) is 74.2 Å². The van der Waals surface area contributed by atoms with Crippen molar-refractivity contribution >= 4 is 23.4 Å². The van der Waals surface area contributed by atoms with E-state index in [1.165, 1.54) is 17.3 Å². The van der Waals surface area contributed by atoms with Crippen molar-refractivity contribution in [3.63, 3.8) is 0 Å². The quantitative estimate of drug-likeness (QED) is 0.456. The number of hydrogen-bond donors (Lipinski definition) is 1. The van der Waals surface area contributed by atoms with Gasteiger partial charge >= 0.3 is 0 Å². The van der Waals surface area contributed by atoms with Crippen molar-refractivity contribution in [2.45, 2.75) is 46.3 Å². The fourth-order valence-electron chi connectivity index (χ4n) is 3.00. The van der Waals surface area contributed by atoms with Crippen LogP contribution in [0.2, 0.25) is 0 Å². The van der Waals surface area contributed by atoms with Crippen LogP contribution in [0.5, 0.6) is 5.75 Å². The molecule has 0 aliphatic carbocycles. The topological polar surface area (TPSA) is 69.0 Å². The molecule has 164 valence electrons. The summed E-state index contributed by atoms with van der Waals surface area (Å²) in [6.07, 6.45) is 0. The van der Waals surface area contributed by atoms with Gasteiger partial charge in [-0.3, -0.25) is 4.79 Å². The maximum atomic E-state index is 12.4. The lowest BCUT2D eigenvalue weighted by Gasteiger charge is -2.10. The van der Waals surface area contributed by atoms with Crippen molar-refractivity contribution in [2.24, 2.45) is 5.92 Å². The van der Waals surface area contributed by atoms with Crippen LogP contribution in [0.1, 0.15) is 31.9 Å². The monoisotopic (exact) mass is 438 g/mol. The summed E-state index contributed by atoms with van der Waals surface area (Å²) >= 11 is 1.39. The fourth-order valence-corrected chi connectivity index (χ4v) is 3.81. The molecule has 6 nitrogen and oxygen atoms in total. The predicted octanol–water partition coefficient (Wildman–Crippen LogP) is 5.35. The second-order valence-electron chi connectivity index (χ2n) is 7.92. The molecule has 0 aliphatic heterocycles. The van der Waals surface area contributed by atoms with Crippen LogP contribution in [0, 0.1) is 19.8 Å². The number of nitrogens with one attached hydrogen (secondary N) is 1. The minimum Gasteiger partial charge on any atom is -0.493 e. The number of benzene rings is 2. The summed E-state index contributed by atoms with van der Waals surface area (Å²) in [5.74, 6) is 2.32. The molecule has 3 rings (SSSR count). The number of amides is 1. The average molecular weight is 439 g/mol. The molecule has 0 unspecified atom stereocenters. The molecule has 2 aromatic carbocycles. The van der Waals surface area contributed by atoms with Gasteiger partial charge in [-0.1, -0.05) is 31.7 Å². The molecule has 1 heterocycles. The van der Waals surface area contributed by atoms with Crippen LogP contribution in [0.15, 0.2) is 47.6 Å². The molecule has 0 saturated heterocycles. The Hall–Kier alpha value is -2.80. The number of carbonyl (C=O) groups is 1. The van der Waals surface area contributed by atoms with E-state index in [0.717, 1.165) is 40.1 Å². The molecule has 7 heteroatoms. The van der Waals surface area contributed by atoms with Gasteiger partial charge in [-0.15, -0.1) is 10.2 Å². The summed E-state index contributed by atoms with van der Waals surface area (Å²) in [4.78, 5) is 12.4. The van der Waals surface area contributed by atoms with E-state index in [1.807, 2.05) is 60.9 Å². The lowest BCUT2D eigenvalue weighted by atomic mass is 10.1. The highest BCUT2D eigenvalue weighted by Gasteiger charge is 2.15. The molecule has 0 spiro atoms. The summed E-state index contributed by atoms with van der Waals surface area (Å²) in [5.41, 5.74) is 4.14. The van der Waals surface area contributed by atoms with Gasteiger partial charge in [0.1, 0.15) is 5.75 Å². The van der Waals surface area contributed by atoms with E-state index in [9.17, 15) is 4.79 Å². The molecule has 0 radical (unpaired) electrons. The number of aromatic nitrogens is 3. The molecule has 3 aromatic rings. The predicted molar refractivity (Wildman–Crippen MR) is 127 cm³/mol. The maximum absolute atomic E-state index is 12.4. The van der Waals surface area contributed by atoms with Crippen molar-refractivity contribution in [1.29, 1.82) is 0 Å². The van der Waals surface area contributed by atoms with E-state index in [0.29, 0.717) is 12.5 Å². The zero-order valence-corrected chi connectivity index (χ0v) is 19.6. The molecule has 0 saturated carbocycles. The van der Waals surface area contributed by atoms with Crippen LogP contribution in [0.3, 0.4) is 0 Å². The Morgan fingerprint density at radius 1 is 1.10 bits per heavy atom. The largest absolute Gasteiger partial charge is 0.493 e. The first-order chi connectivity index (χ1) is 14.9. The van der Waals surface area contributed by atoms with Gasteiger partial charge in [0.25, 0.3) is 0 Å². The maximum Gasteiger partial charge on any atom is 0.234 e. The third-order valence-electron chi connectivity index (χ3n) is 4.85. The summed E-state index contributed by atoms with van der Waals surface area (Å²) in [6, 6.07) is 13.8. The normalized spacial score (nSPS) is 11.0. The van der Waals surface area contributed by atoms with E-state index in [4.69, 9.17) is 4.74 Å². The lowest BCUT2D eigenvalue weighted by molar-refractivity contribution is -0.113. The summed E-state index contributed by atoms with van der Waals surface area (Å²) in [5, 5.41) is 12.4. The van der Waals surface area contributed by atoms with Crippen molar-refractivity contribution in [3.05, 3.63) is 53.6 Å². The van der Waals surface area contributed by atoms with Crippen LogP contribution in [-0.2, 0) is 11.3 Å². The second-order valence-corrected chi connectivity index (χ2v) is 8.86. The first-order valence-electron chi connectivity index (χ1n) is 10.5. The van der Waals surface area contributed by atoms with Gasteiger partial charge in [0.2, 0.25) is 5.91 Å². The molecule has 1 N–H and O–H groups in total. The molecule has 0 atom stereocenters. The third-order valence-corrected chi connectivity index (χ3v) is 5.82. The number of aryl methyl sites for hydroxylation is 2. The van der Waals surface area contributed by atoms with Gasteiger partial charge in [0, 0.05) is 17.8 Å². The number of hydrogen-bond acceptors (Lipinski definition) is 5. The van der Waals surface area contributed by atoms with Crippen LogP contribution < -0.4 is 10.1 Å². The molecule has 0 aliphatic rings. The minimum absolute atomic E-state index is 0.0629. The van der Waals surface area contributed by atoms with Gasteiger partial charge in [0.15, 0.2) is 11.0 Å². The zero-order chi connectivity index (χ0) is 22.4. The standard InChI is InChI=1S/C24H30N4O2S/c1-6-28-23(19-8-11-21(12-9-19)30-14-16(2)3)26-27-24(28)31-15-22(29)25-20-10-7-17(4)18(5)13-20/h7-13,16H,6,14-15H2,1-5H3,(H,25,29). The van der Waals surface area contributed by atoms with Crippen molar-refractivity contribution in [3.8, 4) is 17.1 Å². The van der Waals surface area contributed by atoms with E-state index >= 15 is 0 Å². The Labute approximate surface area is 188 Å². The van der Waals surface area contributed by atoms with Gasteiger partial charge in [-0.25, -0.2) is 0 Å². The van der Waals surface area contributed by atoms with E-state index in [1.54, 1.807) is 0 Å². The lowest BCUT2D eigenvalue weighted by Crippen LogP contribution is -2.14. The highest BCUT2D eigenvalue weighted by molar-refractivity contribution is 7.99. The van der Waals surface area contributed by atoms with Crippen molar-refractivity contribution in [2.75, 3.05) is 17.7 Å². The Morgan fingerprint density at radius 3 is 2.48 bits per heavy atom. The Morgan fingerprint density at radius 2 is 1.84 bits per heavy atom. The molecule has 31 heavy (non-hydrogen) atoms. The smallest absolute Gasteiger partial charge is 0.234 e. The van der Waals surface area contributed by atoms with E-state index in [-0.39, 0.29) is 11.7 Å². The number of carbonyl (C=O) groups excluding carboxylic acids is 1. The second kappa shape index (κ2) is 10.5. The van der Waals surface area contributed by atoms with Gasteiger partial charge in [-0.2, -0.15) is 0 Å². The van der Waals surface area contributed by atoms with Crippen molar-refractivity contribution in [1.82, 2.24) is 14.8 Å². The van der Waals surface area contributed by atoms with E-state index in [2.05, 4.69) is 36.3 Å². The fraction of sp³-hybridized carbons (Fsp3) is 0.375. The highest BCUT2D eigenvalue weighted by Crippen LogP contribution is 2.26. The third kappa shape index (κ3) is 6.10. The average Bonchev–Trinajstić information content (AvgIpc) is 3.16. The number of anilines is 1. The van der Waals surface area contributed by atoms with Crippen molar-refractivity contribution < 1.29 is 9.53 Å². The number of nitrogens with zero attached hydrogens (tertiary/aromatic N) is 3. The SMILES string of the molecule is CCn1c(SCC(=O)Nc2ccc(C)c(C)c2)nnc1-c1ccc(OCC(C)C)cc1. The molecular formula is C24H30N4O2S. The Balaban J connectivity index is 1.64. The number of ether oxygens (including phenoxy) is 1. The highest BCUT2D eigenvalue weighted by atomic mass is 32.2. The van der Waals surface area contributed by atoms with Crippen LogP contribution in [-0.4, -0.2) is 33.0 Å². The summed E-state index contributed by atoms with van der Waals surface area (Å²) < 4.78 is 7.78. The number of thioether (sulfide) groups is 1. The zero-order valence-electron chi connectivity index (χ0n) is 18.8.